The Morgan fingerprint density at radius 3 is 2.58 bits per heavy atom. The number of methoxy groups -OCH3 is 1. The summed E-state index contributed by atoms with van der Waals surface area (Å²) in [4.78, 5) is 26.3. The quantitative estimate of drug-likeness (QED) is 0.669. The Hall–Kier alpha value is -3.07. The zero-order valence-electron chi connectivity index (χ0n) is 18.0. The van der Waals surface area contributed by atoms with E-state index in [-0.39, 0.29) is 24.1 Å². The van der Waals surface area contributed by atoms with Crippen LogP contribution >= 0.6 is 0 Å². The molecule has 166 valence electrons. The lowest BCUT2D eigenvalue weighted by Crippen LogP contribution is -2.33. The number of carbonyl (C=O) groups excluding carboxylic acids is 2. The maximum Gasteiger partial charge on any atom is 0.255 e. The second-order valence-electron chi connectivity index (χ2n) is 7.40. The Bertz CT molecular complexity index is 1110. The number of carbonyl (C=O) groups is 2. The number of nitrogens with zero attached hydrogens (tertiary/aromatic N) is 1. The molecule has 0 unspecified atom stereocenters. The summed E-state index contributed by atoms with van der Waals surface area (Å²) in [7, 11) is -1.90. The molecule has 1 heterocycles. The molecular formula is C22H26N2O6S. The third kappa shape index (κ3) is 4.99. The smallest absolute Gasteiger partial charge is 0.255 e. The van der Waals surface area contributed by atoms with Gasteiger partial charge in [0.15, 0.2) is 11.5 Å². The molecule has 0 bridgehead atoms. The second-order valence-corrected chi connectivity index (χ2v) is 9.58. The molecule has 0 saturated heterocycles. The largest absolute Gasteiger partial charge is 0.493 e. The maximum absolute atomic E-state index is 13.2. The summed E-state index contributed by atoms with van der Waals surface area (Å²) in [6, 6.07) is 9.52. The number of amides is 2. The predicted molar refractivity (Wildman–Crippen MR) is 117 cm³/mol. The summed E-state index contributed by atoms with van der Waals surface area (Å²) in [6.07, 6.45) is 1.14. The van der Waals surface area contributed by atoms with Crippen LogP contribution in [0.5, 0.6) is 11.5 Å². The highest BCUT2D eigenvalue weighted by Crippen LogP contribution is 2.38. The Kier molecular flexibility index (Phi) is 6.54. The molecule has 3 rings (SSSR count). The van der Waals surface area contributed by atoms with Gasteiger partial charge in [0.25, 0.3) is 5.91 Å². The van der Waals surface area contributed by atoms with E-state index in [2.05, 4.69) is 5.32 Å². The lowest BCUT2D eigenvalue weighted by molar-refractivity contribution is -0.114. The molecule has 1 aliphatic rings. The van der Waals surface area contributed by atoms with Crippen molar-refractivity contribution in [2.24, 2.45) is 0 Å². The highest BCUT2D eigenvalue weighted by atomic mass is 32.2. The highest BCUT2D eigenvalue weighted by molar-refractivity contribution is 7.90. The van der Waals surface area contributed by atoms with Gasteiger partial charge in [0.2, 0.25) is 5.91 Å². The van der Waals surface area contributed by atoms with Crippen molar-refractivity contribution in [1.29, 1.82) is 0 Å². The number of benzene rings is 2. The molecule has 2 aromatic carbocycles. The zero-order valence-corrected chi connectivity index (χ0v) is 18.8. The fraction of sp³-hybridized carbons (Fsp3) is 0.364. The molecule has 0 spiro atoms. The van der Waals surface area contributed by atoms with E-state index in [0.29, 0.717) is 40.5 Å². The van der Waals surface area contributed by atoms with Gasteiger partial charge in [0, 0.05) is 36.5 Å². The van der Waals surface area contributed by atoms with Crippen LogP contribution < -0.4 is 14.8 Å². The second kappa shape index (κ2) is 8.97. The van der Waals surface area contributed by atoms with E-state index in [1.807, 2.05) is 6.92 Å². The van der Waals surface area contributed by atoms with E-state index in [1.54, 1.807) is 36.4 Å². The Morgan fingerprint density at radius 2 is 1.97 bits per heavy atom. The fourth-order valence-electron chi connectivity index (χ4n) is 3.73. The first-order valence-electron chi connectivity index (χ1n) is 9.83. The van der Waals surface area contributed by atoms with Crippen LogP contribution in [0.3, 0.4) is 0 Å². The van der Waals surface area contributed by atoms with Crippen molar-refractivity contribution in [2.75, 3.05) is 31.0 Å². The fourth-order valence-corrected chi connectivity index (χ4v) is 4.68. The molecule has 0 saturated carbocycles. The average Bonchev–Trinajstić information content (AvgIpc) is 3.03. The molecule has 2 amide bonds. The molecule has 2 aromatic rings. The van der Waals surface area contributed by atoms with Crippen LogP contribution in [0.2, 0.25) is 0 Å². The molecule has 0 fully saturated rings. The minimum Gasteiger partial charge on any atom is -0.493 e. The van der Waals surface area contributed by atoms with Gasteiger partial charge in [0.05, 0.1) is 25.5 Å². The van der Waals surface area contributed by atoms with Gasteiger partial charge >= 0.3 is 0 Å². The normalized spacial score (nSPS) is 14.2. The summed E-state index contributed by atoms with van der Waals surface area (Å²) in [5, 5.41) is 2.74. The number of hydrogen-bond donors (Lipinski definition) is 1. The topological polar surface area (TPSA) is 102 Å². The number of nitrogens with one attached hydrogen (secondary N) is 1. The van der Waals surface area contributed by atoms with Crippen LogP contribution in [0, 0.1) is 0 Å². The molecule has 1 aliphatic heterocycles. The predicted octanol–water partition coefficient (Wildman–Crippen LogP) is 2.79. The monoisotopic (exact) mass is 446 g/mol. The molecule has 0 radical (unpaired) electrons. The lowest BCUT2D eigenvalue weighted by Gasteiger charge is -2.28. The number of fused-ring (bicyclic) bond motifs is 1. The molecular weight excluding hydrogens is 420 g/mol. The van der Waals surface area contributed by atoms with E-state index < -0.39 is 15.9 Å². The number of ether oxygens (including phenoxy) is 2. The van der Waals surface area contributed by atoms with Crippen molar-refractivity contribution >= 4 is 27.3 Å². The van der Waals surface area contributed by atoms with Crippen molar-refractivity contribution in [3.8, 4) is 11.5 Å². The van der Waals surface area contributed by atoms with Crippen LogP contribution in [0.4, 0.5) is 5.69 Å². The Morgan fingerprint density at radius 1 is 1.23 bits per heavy atom. The van der Waals surface area contributed by atoms with Crippen molar-refractivity contribution in [3.05, 3.63) is 53.1 Å². The molecule has 0 aliphatic carbocycles. The van der Waals surface area contributed by atoms with Gasteiger partial charge in [-0.25, -0.2) is 8.42 Å². The van der Waals surface area contributed by atoms with E-state index >= 15 is 0 Å². The van der Waals surface area contributed by atoms with Crippen LogP contribution in [-0.4, -0.2) is 50.9 Å². The third-order valence-electron chi connectivity index (χ3n) is 5.02. The Labute approximate surface area is 182 Å². The summed E-state index contributed by atoms with van der Waals surface area (Å²) < 4.78 is 35.5. The number of sulfone groups is 1. The van der Waals surface area contributed by atoms with Gasteiger partial charge in [0.1, 0.15) is 9.84 Å². The van der Waals surface area contributed by atoms with E-state index in [0.717, 1.165) is 6.26 Å². The number of rotatable bonds is 8. The van der Waals surface area contributed by atoms with Crippen molar-refractivity contribution in [3.63, 3.8) is 0 Å². The average molecular weight is 447 g/mol. The van der Waals surface area contributed by atoms with Crippen molar-refractivity contribution in [1.82, 2.24) is 4.90 Å². The van der Waals surface area contributed by atoms with Gasteiger partial charge < -0.3 is 19.7 Å². The summed E-state index contributed by atoms with van der Waals surface area (Å²) in [5.41, 5.74) is 2.28. The van der Waals surface area contributed by atoms with Crippen molar-refractivity contribution < 1.29 is 27.5 Å². The van der Waals surface area contributed by atoms with E-state index in [9.17, 15) is 18.0 Å². The lowest BCUT2D eigenvalue weighted by atomic mass is 10.1. The Balaban J connectivity index is 2.05. The van der Waals surface area contributed by atoms with E-state index in [4.69, 9.17) is 9.47 Å². The minimum atomic E-state index is -3.43. The standard InChI is InChI=1S/C22H26N2O6S/c1-5-30-21-11-15(9-10-20(21)29-3)19(13-31(4,27)28)24-12-17-16(22(24)26)7-6-8-18(17)23-14(2)25/h6-11,19H,5,12-13H2,1-4H3,(H,23,25)/t19-/m1/s1. The summed E-state index contributed by atoms with van der Waals surface area (Å²) in [6.45, 7) is 3.82. The van der Waals surface area contributed by atoms with Crippen LogP contribution in [0.1, 0.15) is 41.4 Å². The van der Waals surface area contributed by atoms with Crippen LogP contribution in [-0.2, 0) is 21.2 Å². The van der Waals surface area contributed by atoms with Gasteiger partial charge in [-0.2, -0.15) is 0 Å². The van der Waals surface area contributed by atoms with Crippen LogP contribution in [0.25, 0.3) is 0 Å². The molecule has 0 aromatic heterocycles. The molecule has 1 N–H and O–H groups in total. The van der Waals surface area contributed by atoms with Gasteiger partial charge in [-0.05, 0) is 36.8 Å². The first-order valence-corrected chi connectivity index (χ1v) is 11.9. The van der Waals surface area contributed by atoms with Crippen LogP contribution in [0.15, 0.2) is 36.4 Å². The van der Waals surface area contributed by atoms with Gasteiger partial charge in [-0.3, -0.25) is 9.59 Å². The number of anilines is 1. The minimum absolute atomic E-state index is 0.181. The van der Waals surface area contributed by atoms with Gasteiger partial charge in [-0.1, -0.05) is 12.1 Å². The third-order valence-corrected chi connectivity index (χ3v) is 5.94. The SMILES string of the molecule is CCOc1cc([C@@H](CS(C)(=O)=O)N2Cc3c(NC(C)=O)cccc3C2=O)ccc1OC. The van der Waals surface area contributed by atoms with Gasteiger partial charge in [-0.15, -0.1) is 0 Å². The first kappa shape index (κ1) is 22.6. The van der Waals surface area contributed by atoms with E-state index in [1.165, 1.54) is 18.9 Å². The zero-order chi connectivity index (χ0) is 22.8. The molecule has 31 heavy (non-hydrogen) atoms. The number of hydrogen-bond acceptors (Lipinski definition) is 6. The van der Waals surface area contributed by atoms with Crippen molar-refractivity contribution in [2.45, 2.75) is 26.4 Å². The molecule has 8 nitrogen and oxygen atoms in total. The summed E-state index contributed by atoms with van der Waals surface area (Å²) in [5.74, 6) is 0.213. The maximum atomic E-state index is 13.2. The first-order chi connectivity index (χ1) is 14.6. The summed E-state index contributed by atoms with van der Waals surface area (Å²) >= 11 is 0. The highest BCUT2D eigenvalue weighted by Gasteiger charge is 2.36. The molecule has 9 heteroatoms. The molecule has 1 atom stereocenters.